The molecular weight excluding hydrogens is 745 g/mol. The third kappa shape index (κ3) is 8.24. The number of nitrogens with one attached hydrogen (secondary N) is 1. The van der Waals surface area contributed by atoms with Crippen LogP contribution >= 0.6 is 0 Å². The monoisotopic (exact) mass is 794 g/mol. The summed E-state index contributed by atoms with van der Waals surface area (Å²) < 4.78 is 38.1. The Bertz CT molecular complexity index is 2370. The van der Waals surface area contributed by atoms with Crippen molar-refractivity contribution < 1.29 is 33.2 Å². The Morgan fingerprint density at radius 1 is 0.763 bits per heavy atom. The summed E-state index contributed by atoms with van der Waals surface area (Å²) in [6.45, 7) is 9.72. The predicted molar refractivity (Wildman–Crippen MR) is 226 cm³/mol. The van der Waals surface area contributed by atoms with Gasteiger partial charge in [0, 0.05) is 42.8 Å². The Kier molecular flexibility index (Phi) is 11.6. The number of amides is 1. The smallest absolute Gasteiger partial charge is 0.251 e. The lowest BCUT2D eigenvalue weighted by Gasteiger charge is -2.37. The quantitative estimate of drug-likeness (QED) is 0.116. The van der Waals surface area contributed by atoms with Gasteiger partial charge in [-0.3, -0.25) is 14.6 Å². The molecule has 4 aliphatic rings. The normalized spacial score (nSPS) is 17.2. The standard InChI is InChI=1S/C48H50N4O7/c1-49-35-13-11-32(12-14-35)48(53)50-20-7-23-57-40-17-10-31-25-39-45-34(19-22-52(39)3)28-44(55-5)46(56-6)47(45)59-43-29-37-33(27-41(43)54-4)18-21-51(2)38(37)24-30-8-15-36(16-9-30)58-42(40)26-31/h8-17,26-29,38-39H,7,18-25H2,2-6H3,(H,50,53)/t38?,39-/m1/s1. The van der Waals surface area contributed by atoms with E-state index >= 15 is 0 Å². The molecular formula is C48H50N4O7. The fourth-order valence-corrected chi connectivity index (χ4v) is 8.47. The number of carbonyl (C=O) groups excluding carboxylic acids is 1. The molecule has 0 fully saturated rings. The Morgan fingerprint density at radius 2 is 1.44 bits per heavy atom. The highest BCUT2D eigenvalue weighted by Crippen LogP contribution is 2.52. The summed E-state index contributed by atoms with van der Waals surface area (Å²) in [5, 5.41) is 2.95. The molecule has 5 aromatic rings. The van der Waals surface area contributed by atoms with E-state index in [0.29, 0.717) is 83.2 Å². The minimum Gasteiger partial charge on any atom is -0.493 e. The fraction of sp³-hybridized carbons (Fsp3) is 0.333. The topological polar surface area (TPSA) is 95.3 Å². The number of rotatable bonds is 9. The molecule has 9 rings (SSSR count). The first-order chi connectivity index (χ1) is 28.8. The van der Waals surface area contributed by atoms with Gasteiger partial charge in [0.25, 0.3) is 5.91 Å². The zero-order valence-electron chi connectivity index (χ0n) is 34.3. The van der Waals surface area contributed by atoms with E-state index in [1.54, 1.807) is 45.6 Å². The third-order valence-corrected chi connectivity index (χ3v) is 11.8. The lowest BCUT2D eigenvalue weighted by atomic mass is 9.87. The molecule has 4 aliphatic heterocycles. The first kappa shape index (κ1) is 39.6. The maximum absolute atomic E-state index is 12.7. The van der Waals surface area contributed by atoms with E-state index in [2.05, 4.69) is 76.5 Å². The summed E-state index contributed by atoms with van der Waals surface area (Å²) in [5.74, 6) is 4.84. The van der Waals surface area contributed by atoms with Gasteiger partial charge in [-0.25, -0.2) is 4.85 Å². The van der Waals surface area contributed by atoms with E-state index in [9.17, 15) is 4.79 Å². The molecule has 0 radical (unpaired) electrons. The van der Waals surface area contributed by atoms with Crippen molar-refractivity contribution in [3.63, 3.8) is 0 Å². The SMILES string of the molecule is [C-]#[N+]c1ccc(C(=O)NCCCOc2ccc3cc2Oc2ccc(cc2)CC2c4cc(c(OC)cc4CCN2C)Oc2c(OC)c(OC)cc4c2[C@@H](C3)N(C)CC4)cc1. The van der Waals surface area contributed by atoms with Crippen molar-refractivity contribution in [1.82, 2.24) is 15.1 Å². The number of hydrogen-bond donors (Lipinski definition) is 1. The molecule has 0 spiro atoms. The van der Waals surface area contributed by atoms with Crippen LogP contribution in [0.4, 0.5) is 5.69 Å². The Labute approximate surface area is 346 Å². The predicted octanol–water partition coefficient (Wildman–Crippen LogP) is 8.90. The van der Waals surface area contributed by atoms with E-state index in [1.165, 1.54) is 16.7 Å². The van der Waals surface area contributed by atoms with Crippen LogP contribution < -0.4 is 33.7 Å². The number of carbonyl (C=O) groups is 1. The van der Waals surface area contributed by atoms with Crippen LogP contribution in [0.3, 0.4) is 0 Å². The Morgan fingerprint density at radius 3 is 2.17 bits per heavy atom. The maximum atomic E-state index is 12.7. The second-order valence-corrected chi connectivity index (χ2v) is 15.4. The first-order valence-electron chi connectivity index (χ1n) is 20.1. The van der Waals surface area contributed by atoms with Gasteiger partial charge < -0.3 is 33.7 Å². The van der Waals surface area contributed by atoms with Gasteiger partial charge in [-0.2, -0.15) is 0 Å². The van der Waals surface area contributed by atoms with Crippen LogP contribution in [0.15, 0.2) is 84.9 Å². The molecule has 304 valence electrons. The zero-order valence-corrected chi connectivity index (χ0v) is 34.3. The van der Waals surface area contributed by atoms with Crippen molar-refractivity contribution in [2.24, 2.45) is 0 Å². The number of ether oxygens (including phenoxy) is 6. The van der Waals surface area contributed by atoms with Crippen molar-refractivity contribution >= 4 is 11.6 Å². The zero-order chi connectivity index (χ0) is 41.0. The molecule has 1 N–H and O–H groups in total. The van der Waals surface area contributed by atoms with Crippen molar-refractivity contribution in [2.75, 3.05) is 61.7 Å². The maximum Gasteiger partial charge on any atom is 0.251 e. The molecule has 6 bridgehead atoms. The number of hydrogen-bond acceptors (Lipinski definition) is 9. The summed E-state index contributed by atoms with van der Waals surface area (Å²) in [5.41, 5.74) is 7.92. The molecule has 0 aromatic heterocycles. The first-order valence-corrected chi connectivity index (χ1v) is 20.1. The average Bonchev–Trinajstić information content (AvgIpc) is 3.26. The second-order valence-electron chi connectivity index (χ2n) is 15.4. The van der Waals surface area contributed by atoms with E-state index < -0.39 is 0 Å². The van der Waals surface area contributed by atoms with Crippen LogP contribution in [0.1, 0.15) is 62.2 Å². The van der Waals surface area contributed by atoms with E-state index in [1.807, 2.05) is 18.2 Å². The fourth-order valence-electron chi connectivity index (χ4n) is 8.47. The molecule has 4 heterocycles. The summed E-state index contributed by atoms with van der Waals surface area (Å²) in [4.78, 5) is 20.9. The lowest BCUT2D eigenvalue weighted by Crippen LogP contribution is -2.34. The number of benzene rings is 5. The molecule has 11 nitrogen and oxygen atoms in total. The summed E-state index contributed by atoms with van der Waals surface area (Å²) in [6.07, 6.45) is 3.77. The highest BCUT2D eigenvalue weighted by molar-refractivity contribution is 5.94. The van der Waals surface area contributed by atoms with Crippen LogP contribution in [0.25, 0.3) is 4.85 Å². The molecule has 1 unspecified atom stereocenters. The summed E-state index contributed by atoms with van der Waals surface area (Å²) >= 11 is 0. The highest BCUT2D eigenvalue weighted by atomic mass is 16.5. The van der Waals surface area contributed by atoms with Gasteiger partial charge in [0.1, 0.15) is 5.75 Å². The molecule has 0 saturated heterocycles. The average molecular weight is 795 g/mol. The Balaban J connectivity index is 1.15. The number of methoxy groups -OCH3 is 3. The largest absolute Gasteiger partial charge is 0.493 e. The van der Waals surface area contributed by atoms with Crippen LogP contribution in [-0.2, 0) is 25.7 Å². The van der Waals surface area contributed by atoms with Gasteiger partial charge in [0.15, 0.2) is 40.2 Å². The number of nitrogens with zero attached hydrogens (tertiary/aromatic N) is 3. The van der Waals surface area contributed by atoms with Crippen molar-refractivity contribution in [1.29, 1.82) is 0 Å². The van der Waals surface area contributed by atoms with E-state index in [4.69, 9.17) is 35.0 Å². The van der Waals surface area contributed by atoms with Gasteiger partial charge in [-0.15, -0.1) is 0 Å². The molecule has 0 saturated carbocycles. The van der Waals surface area contributed by atoms with Crippen LogP contribution in [0.5, 0.6) is 46.0 Å². The number of fused-ring (bicyclic) bond motifs is 2. The van der Waals surface area contributed by atoms with Crippen LogP contribution in [-0.4, -0.2) is 77.4 Å². The summed E-state index contributed by atoms with van der Waals surface area (Å²) in [6, 6.07) is 27.5. The molecule has 0 aliphatic carbocycles. The van der Waals surface area contributed by atoms with Crippen molar-refractivity contribution in [2.45, 2.75) is 44.2 Å². The molecule has 11 heteroatoms. The van der Waals surface area contributed by atoms with E-state index in [0.717, 1.165) is 49.0 Å². The minimum atomic E-state index is -0.189. The number of likely N-dealkylation sites (N-methyl/N-ethyl adjacent to an activating group) is 2. The molecule has 5 aromatic carbocycles. The van der Waals surface area contributed by atoms with Gasteiger partial charge in [0.05, 0.1) is 34.5 Å². The van der Waals surface area contributed by atoms with E-state index in [-0.39, 0.29) is 18.0 Å². The van der Waals surface area contributed by atoms with Gasteiger partial charge in [-0.1, -0.05) is 42.5 Å². The van der Waals surface area contributed by atoms with Crippen LogP contribution in [0, 0.1) is 6.57 Å². The Hall–Kier alpha value is -6.22. The van der Waals surface area contributed by atoms with Crippen LogP contribution in [0.2, 0.25) is 0 Å². The van der Waals surface area contributed by atoms with Gasteiger partial charge in [-0.05, 0) is 116 Å². The minimum absolute atomic E-state index is 0.0740. The van der Waals surface area contributed by atoms with Crippen molar-refractivity contribution in [3.8, 4) is 46.0 Å². The lowest BCUT2D eigenvalue weighted by molar-refractivity contribution is 0.0951. The molecule has 2 atom stereocenters. The second kappa shape index (κ2) is 17.3. The highest BCUT2D eigenvalue weighted by Gasteiger charge is 2.35. The van der Waals surface area contributed by atoms with Gasteiger partial charge in [0.2, 0.25) is 5.75 Å². The molecule has 1 amide bonds. The van der Waals surface area contributed by atoms with Gasteiger partial charge >= 0.3 is 0 Å². The third-order valence-electron chi connectivity index (χ3n) is 11.8. The van der Waals surface area contributed by atoms with Crippen molar-refractivity contribution in [3.05, 3.63) is 135 Å². The molecule has 59 heavy (non-hydrogen) atoms. The summed E-state index contributed by atoms with van der Waals surface area (Å²) in [7, 11) is 9.35.